The van der Waals surface area contributed by atoms with Crippen LogP contribution in [0.15, 0.2) is 18.2 Å². The number of nitrogens with two attached hydrogens (primary N) is 1. The molecule has 0 aliphatic heterocycles. The van der Waals surface area contributed by atoms with E-state index in [4.69, 9.17) is 5.73 Å². The Morgan fingerprint density at radius 3 is 2.47 bits per heavy atom. The average Bonchev–Trinajstić information content (AvgIpc) is 2.22. The SMILES string of the molecule is Cc1ccc(N)c(CN(C)C(C)CC(C)C)c1. The van der Waals surface area contributed by atoms with Gasteiger partial charge in [-0.2, -0.15) is 0 Å². The van der Waals surface area contributed by atoms with Gasteiger partial charge in [0.1, 0.15) is 0 Å². The molecule has 0 aliphatic carbocycles. The van der Waals surface area contributed by atoms with Crippen molar-refractivity contribution in [2.24, 2.45) is 5.92 Å². The molecule has 1 rings (SSSR count). The Kier molecular flexibility index (Phi) is 5.01. The molecule has 0 radical (unpaired) electrons. The number of hydrogen-bond acceptors (Lipinski definition) is 2. The summed E-state index contributed by atoms with van der Waals surface area (Å²) in [5.74, 6) is 0.738. The van der Waals surface area contributed by atoms with E-state index in [9.17, 15) is 0 Å². The van der Waals surface area contributed by atoms with Crippen LogP contribution >= 0.6 is 0 Å². The minimum Gasteiger partial charge on any atom is -0.398 e. The fraction of sp³-hybridized carbons (Fsp3) is 0.600. The van der Waals surface area contributed by atoms with E-state index in [-0.39, 0.29) is 0 Å². The van der Waals surface area contributed by atoms with Gasteiger partial charge >= 0.3 is 0 Å². The van der Waals surface area contributed by atoms with Gasteiger partial charge in [0.2, 0.25) is 0 Å². The molecule has 1 atom stereocenters. The van der Waals surface area contributed by atoms with Gasteiger partial charge in [-0.1, -0.05) is 31.5 Å². The lowest BCUT2D eigenvalue weighted by Gasteiger charge is -2.26. The van der Waals surface area contributed by atoms with E-state index in [2.05, 4.69) is 51.8 Å². The fourth-order valence-corrected chi connectivity index (χ4v) is 2.16. The molecule has 17 heavy (non-hydrogen) atoms. The molecule has 0 heterocycles. The van der Waals surface area contributed by atoms with Crippen molar-refractivity contribution in [2.75, 3.05) is 12.8 Å². The van der Waals surface area contributed by atoms with Crippen molar-refractivity contribution < 1.29 is 0 Å². The van der Waals surface area contributed by atoms with Crippen molar-refractivity contribution in [2.45, 2.75) is 46.7 Å². The van der Waals surface area contributed by atoms with Crippen LogP contribution in [0.4, 0.5) is 5.69 Å². The first kappa shape index (κ1) is 14.0. The van der Waals surface area contributed by atoms with Gasteiger partial charge < -0.3 is 5.73 Å². The van der Waals surface area contributed by atoms with Crippen LogP contribution in [0.5, 0.6) is 0 Å². The van der Waals surface area contributed by atoms with Crippen LogP contribution in [0, 0.1) is 12.8 Å². The molecular weight excluding hydrogens is 208 g/mol. The van der Waals surface area contributed by atoms with Crippen LogP contribution in [0.3, 0.4) is 0 Å². The smallest absolute Gasteiger partial charge is 0.0359 e. The van der Waals surface area contributed by atoms with E-state index in [1.165, 1.54) is 17.5 Å². The highest BCUT2D eigenvalue weighted by atomic mass is 15.1. The van der Waals surface area contributed by atoms with Gasteiger partial charge in [0, 0.05) is 18.3 Å². The topological polar surface area (TPSA) is 29.3 Å². The molecule has 2 N–H and O–H groups in total. The summed E-state index contributed by atoms with van der Waals surface area (Å²) in [6, 6.07) is 6.85. The second-order valence-corrected chi connectivity index (χ2v) is 5.60. The van der Waals surface area contributed by atoms with Crippen LogP contribution in [0.1, 0.15) is 38.3 Å². The maximum Gasteiger partial charge on any atom is 0.0359 e. The predicted octanol–water partition coefficient (Wildman–Crippen LogP) is 3.44. The number of rotatable bonds is 5. The molecule has 0 saturated carbocycles. The Labute approximate surface area is 106 Å². The Balaban J connectivity index is 2.67. The van der Waals surface area contributed by atoms with Crippen LogP contribution in [0.25, 0.3) is 0 Å². The zero-order chi connectivity index (χ0) is 13.0. The van der Waals surface area contributed by atoms with E-state index in [1.54, 1.807) is 0 Å². The van der Waals surface area contributed by atoms with Crippen molar-refractivity contribution in [3.8, 4) is 0 Å². The maximum absolute atomic E-state index is 6.01. The summed E-state index contributed by atoms with van der Waals surface area (Å²) < 4.78 is 0. The quantitative estimate of drug-likeness (QED) is 0.791. The van der Waals surface area contributed by atoms with Crippen LogP contribution in [0.2, 0.25) is 0 Å². The number of benzene rings is 1. The number of anilines is 1. The Hall–Kier alpha value is -1.02. The van der Waals surface area contributed by atoms with Crippen LogP contribution in [-0.2, 0) is 6.54 Å². The molecule has 0 aliphatic rings. The van der Waals surface area contributed by atoms with E-state index in [0.717, 1.165) is 18.2 Å². The zero-order valence-corrected chi connectivity index (χ0v) is 11.8. The monoisotopic (exact) mass is 234 g/mol. The molecular formula is C15H26N2. The highest BCUT2D eigenvalue weighted by molar-refractivity contribution is 5.48. The van der Waals surface area contributed by atoms with Gasteiger partial charge in [0.15, 0.2) is 0 Å². The first-order valence-corrected chi connectivity index (χ1v) is 6.45. The maximum atomic E-state index is 6.01. The fourth-order valence-electron chi connectivity index (χ4n) is 2.16. The molecule has 1 aromatic carbocycles. The third kappa shape index (κ3) is 4.39. The first-order chi connectivity index (χ1) is 7.90. The van der Waals surface area contributed by atoms with Crippen molar-refractivity contribution in [3.63, 3.8) is 0 Å². The lowest BCUT2D eigenvalue weighted by atomic mass is 10.0. The minimum atomic E-state index is 0.593. The molecule has 0 saturated heterocycles. The summed E-state index contributed by atoms with van der Waals surface area (Å²) in [6.45, 7) is 9.87. The normalized spacial score (nSPS) is 13.4. The summed E-state index contributed by atoms with van der Waals surface area (Å²) in [4.78, 5) is 2.38. The van der Waals surface area contributed by atoms with E-state index in [1.807, 2.05) is 6.07 Å². The second kappa shape index (κ2) is 6.06. The number of nitrogen functional groups attached to an aromatic ring is 1. The van der Waals surface area contributed by atoms with Gasteiger partial charge in [-0.15, -0.1) is 0 Å². The average molecular weight is 234 g/mol. The van der Waals surface area contributed by atoms with Crippen molar-refractivity contribution in [1.82, 2.24) is 4.90 Å². The van der Waals surface area contributed by atoms with Gasteiger partial charge in [-0.3, -0.25) is 4.90 Å². The first-order valence-electron chi connectivity index (χ1n) is 6.45. The minimum absolute atomic E-state index is 0.593. The lowest BCUT2D eigenvalue weighted by Crippen LogP contribution is -2.30. The number of hydrogen-bond donors (Lipinski definition) is 1. The third-order valence-corrected chi connectivity index (χ3v) is 3.28. The molecule has 2 nitrogen and oxygen atoms in total. The Morgan fingerprint density at radius 2 is 1.88 bits per heavy atom. The van der Waals surface area contributed by atoms with Crippen molar-refractivity contribution in [3.05, 3.63) is 29.3 Å². The summed E-state index contributed by atoms with van der Waals surface area (Å²) in [5, 5.41) is 0. The van der Waals surface area contributed by atoms with Crippen LogP contribution in [-0.4, -0.2) is 18.0 Å². The van der Waals surface area contributed by atoms with Crippen LogP contribution < -0.4 is 5.73 Å². The predicted molar refractivity (Wildman–Crippen MR) is 76.0 cm³/mol. The summed E-state index contributed by atoms with van der Waals surface area (Å²) in [5.41, 5.74) is 9.43. The van der Waals surface area contributed by atoms with Gasteiger partial charge in [-0.05, 0) is 44.9 Å². The molecule has 1 unspecified atom stereocenters. The van der Waals surface area contributed by atoms with Gasteiger partial charge in [-0.25, -0.2) is 0 Å². The molecule has 2 heteroatoms. The zero-order valence-electron chi connectivity index (χ0n) is 11.8. The van der Waals surface area contributed by atoms with E-state index >= 15 is 0 Å². The highest BCUT2D eigenvalue weighted by Gasteiger charge is 2.12. The molecule has 0 fully saturated rings. The second-order valence-electron chi connectivity index (χ2n) is 5.60. The molecule has 1 aromatic rings. The molecule has 96 valence electrons. The molecule has 0 amide bonds. The Bertz CT molecular complexity index is 358. The highest BCUT2D eigenvalue weighted by Crippen LogP contribution is 2.18. The van der Waals surface area contributed by atoms with Gasteiger partial charge in [0.05, 0.1) is 0 Å². The van der Waals surface area contributed by atoms with Gasteiger partial charge in [0.25, 0.3) is 0 Å². The van der Waals surface area contributed by atoms with Crippen molar-refractivity contribution in [1.29, 1.82) is 0 Å². The summed E-state index contributed by atoms with van der Waals surface area (Å²) >= 11 is 0. The van der Waals surface area contributed by atoms with E-state index < -0.39 is 0 Å². The number of aryl methyl sites for hydroxylation is 1. The Morgan fingerprint density at radius 1 is 1.24 bits per heavy atom. The molecule has 0 spiro atoms. The molecule has 0 bridgehead atoms. The number of nitrogens with zero attached hydrogens (tertiary/aromatic N) is 1. The third-order valence-electron chi connectivity index (χ3n) is 3.28. The van der Waals surface area contributed by atoms with Crippen molar-refractivity contribution >= 4 is 5.69 Å². The lowest BCUT2D eigenvalue weighted by molar-refractivity contribution is 0.221. The van der Waals surface area contributed by atoms with E-state index in [0.29, 0.717) is 6.04 Å². The summed E-state index contributed by atoms with van der Waals surface area (Å²) in [7, 11) is 2.18. The largest absolute Gasteiger partial charge is 0.398 e. The molecule has 0 aromatic heterocycles. The summed E-state index contributed by atoms with van der Waals surface area (Å²) in [6.07, 6.45) is 1.22. The standard InChI is InChI=1S/C15H26N2/c1-11(2)8-13(4)17(5)10-14-9-12(3)6-7-15(14)16/h6-7,9,11,13H,8,10,16H2,1-5H3.